The van der Waals surface area contributed by atoms with Crippen LogP contribution in [0.1, 0.15) is 31.4 Å². The lowest BCUT2D eigenvalue weighted by Crippen LogP contribution is -2.44. The number of nitrogens with one attached hydrogen (secondary N) is 2. The zero-order chi connectivity index (χ0) is 21.2. The lowest BCUT2D eigenvalue weighted by Gasteiger charge is -2.28. The van der Waals surface area contributed by atoms with Crippen molar-refractivity contribution in [2.75, 3.05) is 54.4 Å². The number of nitrogens with zero attached hydrogens (tertiary/aromatic N) is 6. The maximum Gasteiger partial charge on any atom is 0.229 e. The molecule has 9 heteroatoms. The number of aromatic nitrogens is 4. The first-order chi connectivity index (χ1) is 15.2. The Bertz CT molecular complexity index is 1050. The van der Waals surface area contributed by atoms with Crippen molar-refractivity contribution in [3.63, 3.8) is 0 Å². The smallest absolute Gasteiger partial charge is 0.229 e. The van der Waals surface area contributed by atoms with Crippen LogP contribution in [0.5, 0.6) is 0 Å². The molecule has 31 heavy (non-hydrogen) atoms. The number of fused-ring (bicyclic) bond motifs is 1. The highest BCUT2D eigenvalue weighted by atomic mass is 35.5. The molecule has 2 aliphatic heterocycles. The third-order valence-corrected chi connectivity index (χ3v) is 6.18. The highest BCUT2D eigenvalue weighted by Gasteiger charge is 2.24. The van der Waals surface area contributed by atoms with Gasteiger partial charge in [0.2, 0.25) is 5.95 Å². The molecule has 2 aromatic heterocycles. The molecule has 2 fully saturated rings. The van der Waals surface area contributed by atoms with Gasteiger partial charge in [0.05, 0.1) is 6.04 Å². The lowest BCUT2D eigenvalue weighted by molar-refractivity contribution is 0.580. The number of piperazine rings is 1. The summed E-state index contributed by atoms with van der Waals surface area (Å²) >= 11 is 6.57. The SMILES string of the molecule is C[C@H](Nc1nc2nc(N3CCNCC3)nc(N3CCCC3)c2nc1Cl)c1ccccc1. The molecule has 1 aromatic carbocycles. The molecule has 0 amide bonds. The Morgan fingerprint density at radius 2 is 1.68 bits per heavy atom. The maximum atomic E-state index is 6.57. The van der Waals surface area contributed by atoms with Gasteiger partial charge >= 0.3 is 0 Å². The van der Waals surface area contributed by atoms with E-state index in [4.69, 9.17) is 31.5 Å². The van der Waals surface area contributed by atoms with E-state index < -0.39 is 0 Å². The molecule has 5 rings (SSSR count). The van der Waals surface area contributed by atoms with E-state index in [1.165, 1.54) is 0 Å². The molecule has 8 nitrogen and oxygen atoms in total. The van der Waals surface area contributed by atoms with Crippen LogP contribution < -0.4 is 20.4 Å². The standard InChI is InChI=1S/C22H27ClN8/c1-15(16-7-3-2-4-8-16)25-20-18(23)26-17-19(27-20)28-22(31-13-9-24-10-14-31)29-21(17)30-11-5-6-12-30/h2-4,7-8,15,24H,5-6,9-14H2,1H3,(H,25,27,28,29)/t15-/m0/s1. The van der Waals surface area contributed by atoms with Gasteiger partial charge in [-0.1, -0.05) is 41.9 Å². The van der Waals surface area contributed by atoms with Crippen molar-refractivity contribution >= 4 is 40.3 Å². The van der Waals surface area contributed by atoms with E-state index in [-0.39, 0.29) is 6.04 Å². The molecule has 3 aromatic rings. The second-order valence-electron chi connectivity index (χ2n) is 8.09. The Morgan fingerprint density at radius 3 is 2.42 bits per heavy atom. The van der Waals surface area contributed by atoms with Gasteiger partial charge in [0, 0.05) is 39.3 Å². The molecule has 162 valence electrons. The summed E-state index contributed by atoms with van der Waals surface area (Å²) in [6.45, 7) is 7.63. The van der Waals surface area contributed by atoms with Crippen molar-refractivity contribution in [1.29, 1.82) is 0 Å². The third kappa shape index (κ3) is 4.22. The van der Waals surface area contributed by atoms with Crippen molar-refractivity contribution in [2.45, 2.75) is 25.8 Å². The van der Waals surface area contributed by atoms with Crippen LogP contribution >= 0.6 is 11.6 Å². The van der Waals surface area contributed by atoms with E-state index in [0.717, 1.165) is 69.4 Å². The Labute approximate surface area is 187 Å². The highest BCUT2D eigenvalue weighted by molar-refractivity contribution is 6.32. The summed E-state index contributed by atoms with van der Waals surface area (Å²) < 4.78 is 0. The molecule has 0 radical (unpaired) electrons. The van der Waals surface area contributed by atoms with Crippen LogP contribution in [0.3, 0.4) is 0 Å². The quantitative estimate of drug-likeness (QED) is 0.628. The molecule has 2 aliphatic rings. The van der Waals surface area contributed by atoms with Crippen LogP contribution in [0.2, 0.25) is 5.15 Å². The first kappa shape index (κ1) is 20.2. The fraction of sp³-hybridized carbons (Fsp3) is 0.455. The topological polar surface area (TPSA) is 82.1 Å². The largest absolute Gasteiger partial charge is 0.361 e. The fourth-order valence-electron chi connectivity index (χ4n) is 4.18. The molecule has 2 saturated heterocycles. The normalized spacial score (nSPS) is 17.9. The van der Waals surface area contributed by atoms with Crippen LogP contribution in [0.25, 0.3) is 11.2 Å². The summed E-state index contributed by atoms with van der Waals surface area (Å²) in [6, 6.07) is 10.3. The van der Waals surface area contributed by atoms with Gasteiger partial charge in [-0.3, -0.25) is 0 Å². The van der Waals surface area contributed by atoms with Crippen LogP contribution in [-0.2, 0) is 0 Å². The molecule has 0 spiro atoms. The molecule has 4 heterocycles. The molecule has 0 saturated carbocycles. The first-order valence-electron chi connectivity index (χ1n) is 11.0. The van der Waals surface area contributed by atoms with Crippen molar-refractivity contribution in [3.05, 3.63) is 41.0 Å². The average Bonchev–Trinajstić information content (AvgIpc) is 3.35. The summed E-state index contributed by atoms with van der Waals surface area (Å²) in [4.78, 5) is 23.7. The minimum absolute atomic E-state index is 0.0398. The number of anilines is 3. The number of halogens is 1. The predicted molar refractivity (Wildman–Crippen MR) is 125 cm³/mol. The molecule has 0 aliphatic carbocycles. The van der Waals surface area contributed by atoms with Gasteiger partial charge < -0.3 is 20.4 Å². The summed E-state index contributed by atoms with van der Waals surface area (Å²) in [7, 11) is 0. The molecule has 0 unspecified atom stereocenters. The minimum atomic E-state index is 0.0398. The van der Waals surface area contributed by atoms with Crippen LogP contribution in [0.15, 0.2) is 30.3 Å². The summed E-state index contributed by atoms with van der Waals surface area (Å²) in [5, 5.41) is 7.13. The Balaban J connectivity index is 1.55. The van der Waals surface area contributed by atoms with Gasteiger partial charge in [-0.05, 0) is 25.3 Å². The zero-order valence-electron chi connectivity index (χ0n) is 17.7. The van der Waals surface area contributed by atoms with Crippen molar-refractivity contribution in [3.8, 4) is 0 Å². The zero-order valence-corrected chi connectivity index (χ0v) is 18.4. The van der Waals surface area contributed by atoms with Gasteiger partial charge in [-0.25, -0.2) is 9.97 Å². The second-order valence-corrected chi connectivity index (χ2v) is 8.45. The van der Waals surface area contributed by atoms with E-state index in [2.05, 4.69) is 39.5 Å². The molecular weight excluding hydrogens is 412 g/mol. The monoisotopic (exact) mass is 438 g/mol. The summed E-state index contributed by atoms with van der Waals surface area (Å²) in [5.74, 6) is 2.10. The predicted octanol–water partition coefficient (Wildman–Crippen LogP) is 3.26. The molecular formula is C22H27ClN8. The van der Waals surface area contributed by atoms with Crippen LogP contribution in [0, 0.1) is 0 Å². The summed E-state index contributed by atoms with van der Waals surface area (Å²) in [5.41, 5.74) is 2.41. The Kier molecular flexibility index (Phi) is 5.74. The van der Waals surface area contributed by atoms with Crippen LogP contribution in [0.4, 0.5) is 17.6 Å². The van der Waals surface area contributed by atoms with Crippen LogP contribution in [-0.4, -0.2) is 59.2 Å². The lowest BCUT2D eigenvalue weighted by atomic mass is 10.1. The summed E-state index contributed by atoms with van der Waals surface area (Å²) in [6.07, 6.45) is 2.31. The van der Waals surface area contributed by atoms with Crippen molar-refractivity contribution < 1.29 is 0 Å². The molecule has 0 bridgehead atoms. The number of hydrogen-bond acceptors (Lipinski definition) is 8. The minimum Gasteiger partial charge on any atom is -0.361 e. The highest BCUT2D eigenvalue weighted by Crippen LogP contribution is 2.31. The number of rotatable bonds is 5. The van der Waals surface area contributed by atoms with E-state index >= 15 is 0 Å². The Morgan fingerprint density at radius 1 is 0.935 bits per heavy atom. The van der Waals surface area contributed by atoms with Gasteiger partial charge in [0.25, 0.3) is 0 Å². The molecule has 2 N–H and O–H groups in total. The van der Waals surface area contributed by atoms with Gasteiger partial charge in [0.15, 0.2) is 28.0 Å². The van der Waals surface area contributed by atoms with E-state index in [9.17, 15) is 0 Å². The van der Waals surface area contributed by atoms with Crippen molar-refractivity contribution in [2.24, 2.45) is 0 Å². The second kappa shape index (κ2) is 8.80. The number of hydrogen-bond donors (Lipinski definition) is 2. The van der Waals surface area contributed by atoms with E-state index in [1.54, 1.807) is 0 Å². The Hall–Kier alpha value is -2.71. The first-order valence-corrected chi connectivity index (χ1v) is 11.3. The molecule has 1 atom stereocenters. The number of benzene rings is 1. The van der Waals surface area contributed by atoms with Gasteiger partial charge in [-0.2, -0.15) is 9.97 Å². The van der Waals surface area contributed by atoms with E-state index in [0.29, 0.717) is 22.1 Å². The maximum absolute atomic E-state index is 6.57. The van der Waals surface area contributed by atoms with E-state index in [1.807, 2.05) is 18.2 Å². The van der Waals surface area contributed by atoms with Gasteiger partial charge in [0.1, 0.15) is 0 Å². The van der Waals surface area contributed by atoms with Crippen molar-refractivity contribution in [1.82, 2.24) is 25.3 Å². The van der Waals surface area contributed by atoms with Gasteiger partial charge in [-0.15, -0.1) is 0 Å². The fourth-order valence-corrected chi connectivity index (χ4v) is 4.36. The average molecular weight is 439 g/mol. The third-order valence-electron chi connectivity index (χ3n) is 5.92.